The first-order valence-corrected chi connectivity index (χ1v) is 7.36. The standard InChI is InChI=1S/C12H9Cl2NO4S/c13-7-2-1-6(3-8(7)14)15-10(16)4-9(12(15)19)20-5-11(17)18/h1-3,9H,4-5H2,(H,17,18)/t9-/m1/s1. The van der Waals surface area contributed by atoms with Gasteiger partial charge in [-0.1, -0.05) is 23.2 Å². The number of hydrogen-bond acceptors (Lipinski definition) is 4. The summed E-state index contributed by atoms with van der Waals surface area (Å²) in [6.45, 7) is 0. The van der Waals surface area contributed by atoms with Gasteiger partial charge in [-0.15, -0.1) is 11.8 Å². The number of carbonyl (C=O) groups is 3. The molecule has 0 spiro atoms. The van der Waals surface area contributed by atoms with Crippen LogP contribution in [-0.4, -0.2) is 33.9 Å². The molecule has 2 amide bonds. The summed E-state index contributed by atoms with van der Waals surface area (Å²) in [5.41, 5.74) is 0.341. The van der Waals surface area contributed by atoms with Gasteiger partial charge in [0.05, 0.1) is 26.7 Å². The van der Waals surface area contributed by atoms with Gasteiger partial charge in [-0.25, -0.2) is 4.90 Å². The number of imide groups is 1. The topological polar surface area (TPSA) is 74.7 Å². The van der Waals surface area contributed by atoms with E-state index < -0.39 is 17.1 Å². The van der Waals surface area contributed by atoms with Crippen LogP contribution in [0.5, 0.6) is 0 Å². The zero-order valence-corrected chi connectivity index (χ0v) is 12.3. The van der Waals surface area contributed by atoms with Gasteiger partial charge < -0.3 is 5.11 Å². The lowest BCUT2D eigenvalue weighted by Crippen LogP contribution is -2.31. The lowest BCUT2D eigenvalue weighted by Gasteiger charge is -2.15. The van der Waals surface area contributed by atoms with Crippen LogP contribution < -0.4 is 4.90 Å². The maximum Gasteiger partial charge on any atom is 0.313 e. The van der Waals surface area contributed by atoms with E-state index in [-0.39, 0.29) is 23.1 Å². The lowest BCUT2D eigenvalue weighted by atomic mass is 10.3. The fourth-order valence-corrected chi connectivity index (χ4v) is 2.95. The highest BCUT2D eigenvalue weighted by Crippen LogP contribution is 2.33. The van der Waals surface area contributed by atoms with Crippen LogP contribution in [0.1, 0.15) is 6.42 Å². The zero-order valence-electron chi connectivity index (χ0n) is 10.0. The maximum absolute atomic E-state index is 12.1. The van der Waals surface area contributed by atoms with Crippen molar-refractivity contribution in [3.63, 3.8) is 0 Å². The molecule has 5 nitrogen and oxygen atoms in total. The fraction of sp³-hybridized carbons (Fsp3) is 0.250. The summed E-state index contributed by atoms with van der Waals surface area (Å²) in [4.78, 5) is 35.6. The molecule has 0 saturated carbocycles. The van der Waals surface area contributed by atoms with Crippen molar-refractivity contribution in [1.82, 2.24) is 0 Å². The van der Waals surface area contributed by atoms with Crippen molar-refractivity contribution in [3.8, 4) is 0 Å². The molecule has 1 aliphatic rings. The third-order valence-corrected chi connectivity index (χ3v) is 4.60. The van der Waals surface area contributed by atoms with E-state index in [4.69, 9.17) is 28.3 Å². The average molecular weight is 334 g/mol. The van der Waals surface area contributed by atoms with Crippen LogP contribution in [0.2, 0.25) is 10.0 Å². The first kappa shape index (κ1) is 15.2. The number of thioether (sulfide) groups is 1. The van der Waals surface area contributed by atoms with Gasteiger partial charge in [0, 0.05) is 6.42 Å². The van der Waals surface area contributed by atoms with Crippen molar-refractivity contribution in [3.05, 3.63) is 28.2 Å². The first-order chi connectivity index (χ1) is 9.40. The van der Waals surface area contributed by atoms with Gasteiger partial charge in [0.25, 0.3) is 0 Å². The first-order valence-electron chi connectivity index (χ1n) is 5.55. The third-order valence-electron chi connectivity index (χ3n) is 2.67. The van der Waals surface area contributed by atoms with Crippen LogP contribution in [0.25, 0.3) is 0 Å². The molecule has 1 aliphatic heterocycles. The molecule has 0 radical (unpaired) electrons. The molecule has 0 unspecified atom stereocenters. The number of carboxylic acid groups (broad SMARTS) is 1. The van der Waals surface area contributed by atoms with Gasteiger partial charge in [-0.2, -0.15) is 0 Å². The van der Waals surface area contributed by atoms with E-state index in [1.54, 1.807) is 0 Å². The van der Waals surface area contributed by atoms with Gasteiger partial charge >= 0.3 is 5.97 Å². The number of hydrogen-bond donors (Lipinski definition) is 1. The van der Waals surface area contributed by atoms with Gasteiger partial charge in [-0.05, 0) is 18.2 Å². The molecular formula is C12H9Cl2NO4S. The summed E-state index contributed by atoms with van der Waals surface area (Å²) >= 11 is 12.6. The number of carboxylic acids is 1. The van der Waals surface area contributed by atoms with Gasteiger partial charge in [-0.3, -0.25) is 14.4 Å². The van der Waals surface area contributed by atoms with E-state index in [1.165, 1.54) is 18.2 Å². The Hall–Kier alpha value is -1.24. The molecule has 1 fully saturated rings. The van der Waals surface area contributed by atoms with Gasteiger partial charge in [0.2, 0.25) is 11.8 Å². The van der Waals surface area contributed by atoms with Crippen molar-refractivity contribution in [1.29, 1.82) is 0 Å². The summed E-state index contributed by atoms with van der Waals surface area (Å²) in [7, 11) is 0. The number of carbonyl (C=O) groups excluding carboxylic acids is 2. The molecule has 0 aromatic heterocycles. The molecular weight excluding hydrogens is 325 g/mol. The highest BCUT2D eigenvalue weighted by atomic mass is 35.5. The molecule has 20 heavy (non-hydrogen) atoms. The van der Waals surface area contributed by atoms with Crippen LogP contribution in [-0.2, 0) is 14.4 Å². The zero-order chi connectivity index (χ0) is 14.9. The van der Waals surface area contributed by atoms with Crippen LogP contribution in [0.3, 0.4) is 0 Å². The Bertz CT molecular complexity index is 593. The van der Waals surface area contributed by atoms with E-state index in [2.05, 4.69) is 0 Å². The molecule has 1 N–H and O–H groups in total. The lowest BCUT2D eigenvalue weighted by molar-refractivity contribution is -0.134. The summed E-state index contributed by atoms with van der Waals surface area (Å²) in [5, 5.41) is 8.51. The van der Waals surface area contributed by atoms with E-state index in [9.17, 15) is 14.4 Å². The number of anilines is 1. The molecule has 1 aromatic carbocycles. The van der Waals surface area contributed by atoms with E-state index in [0.717, 1.165) is 16.7 Å². The Balaban J connectivity index is 2.20. The second-order valence-electron chi connectivity index (χ2n) is 4.06. The van der Waals surface area contributed by atoms with Gasteiger partial charge in [0.15, 0.2) is 0 Å². The Morgan fingerprint density at radius 1 is 1.35 bits per heavy atom. The average Bonchev–Trinajstić information content (AvgIpc) is 2.65. The quantitative estimate of drug-likeness (QED) is 0.856. The predicted octanol–water partition coefficient (Wildman–Crippen LogP) is 2.44. The molecule has 1 saturated heterocycles. The minimum absolute atomic E-state index is 0.0168. The Morgan fingerprint density at radius 2 is 2.05 bits per heavy atom. The minimum atomic E-state index is -1.02. The number of benzene rings is 1. The van der Waals surface area contributed by atoms with Gasteiger partial charge in [0.1, 0.15) is 0 Å². The van der Waals surface area contributed by atoms with Crippen LogP contribution in [0, 0.1) is 0 Å². The largest absolute Gasteiger partial charge is 0.481 e. The minimum Gasteiger partial charge on any atom is -0.481 e. The molecule has 1 aromatic rings. The van der Waals surface area contributed by atoms with Crippen LogP contribution >= 0.6 is 35.0 Å². The number of aliphatic carboxylic acids is 1. The highest BCUT2D eigenvalue weighted by molar-refractivity contribution is 8.01. The van der Waals surface area contributed by atoms with E-state index >= 15 is 0 Å². The second kappa shape index (κ2) is 6.03. The van der Waals surface area contributed by atoms with Crippen molar-refractivity contribution in [2.75, 3.05) is 10.7 Å². The number of nitrogens with zero attached hydrogens (tertiary/aromatic N) is 1. The Kier molecular flexibility index (Phi) is 4.57. The van der Waals surface area contributed by atoms with Crippen molar-refractivity contribution in [2.45, 2.75) is 11.7 Å². The number of amides is 2. The van der Waals surface area contributed by atoms with E-state index in [1.807, 2.05) is 0 Å². The molecule has 0 aliphatic carbocycles. The smallest absolute Gasteiger partial charge is 0.313 e. The normalized spacial score (nSPS) is 18.7. The third kappa shape index (κ3) is 3.08. The molecule has 106 valence electrons. The summed E-state index contributed by atoms with van der Waals surface area (Å²) in [5.74, 6) is -2.06. The monoisotopic (exact) mass is 333 g/mol. The SMILES string of the molecule is O=C(O)CS[C@@H]1CC(=O)N(c2ccc(Cl)c(Cl)c2)C1=O. The number of halogens is 2. The predicted molar refractivity (Wildman–Crippen MR) is 77.5 cm³/mol. The Morgan fingerprint density at radius 3 is 2.65 bits per heavy atom. The summed E-state index contributed by atoms with van der Waals surface area (Å²) in [6, 6.07) is 4.45. The summed E-state index contributed by atoms with van der Waals surface area (Å²) in [6.07, 6.45) is -0.0168. The molecule has 2 rings (SSSR count). The van der Waals surface area contributed by atoms with Crippen molar-refractivity contribution in [2.24, 2.45) is 0 Å². The highest BCUT2D eigenvalue weighted by Gasteiger charge is 2.40. The molecule has 1 atom stereocenters. The fourth-order valence-electron chi connectivity index (χ4n) is 1.80. The summed E-state index contributed by atoms with van der Waals surface area (Å²) < 4.78 is 0. The van der Waals surface area contributed by atoms with Crippen LogP contribution in [0.4, 0.5) is 5.69 Å². The molecule has 8 heteroatoms. The maximum atomic E-state index is 12.1. The molecule has 1 heterocycles. The number of rotatable bonds is 4. The van der Waals surface area contributed by atoms with Crippen molar-refractivity contribution >= 4 is 58.4 Å². The van der Waals surface area contributed by atoms with E-state index in [0.29, 0.717) is 10.7 Å². The molecule has 0 bridgehead atoms. The van der Waals surface area contributed by atoms with Crippen molar-refractivity contribution < 1.29 is 19.5 Å². The van der Waals surface area contributed by atoms with Crippen LogP contribution in [0.15, 0.2) is 18.2 Å². The second-order valence-corrected chi connectivity index (χ2v) is 6.07. The Labute approximate surface area is 128 Å².